The second kappa shape index (κ2) is 5.17. The Kier molecular flexibility index (Phi) is 3.36. The van der Waals surface area contributed by atoms with Crippen molar-refractivity contribution in [1.82, 2.24) is 9.97 Å². The van der Waals surface area contributed by atoms with Gasteiger partial charge in [-0.2, -0.15) is 0 Å². The average molecular weight is 287 g/mol. The fraction of sp³-hybridized carbons (Fsp3) is 0.188. The van der Waals surface area contributed by atoms with Crippen molar-refractivity contribution in [3.05, 3.63) is 58.9 Å². The van der Waals surface area contributed by atoms with Crippen LogP contribution in [0.15, 0.2) is 42.5 Å². The number of benzene rings is 2. The van der Waals surface area contributed by atoms with E-state index in [-0.39, 0.29) is 6.10 Å². The molecule has 0 amide bonds. The molecule has 0 saturated carbocycles. The molecule has 0 unspecified atom stereocenters. The number of aryl methyl sites for hydroxylation is 1. The molecule has 0 saturated heterocycles. The first kappa shape index (κ1) is 13.0. The molecule has 2 aromatic carbocycles. The fourth-order valence-corrected chi connectivity index (χ4v) is 2.24. The molecule has 0 spiro atoms. The highest BCUT2D eigenvalue weighted by atomic mass is 35.5. The van der Waals surface area contributed by atoms with E-state index in [9.17, 15) is 0 Å². The Labute approximate surface area is 122 Å². The van der Waals surface area contributed by atoms with Gasteiger partial charge < -0.3 is 9.72 Å². The van der Waals surface area contributed by atoms with E-state index in [0.717, 1.165) is 22.6 Å². The first-order valence-corrected chi connectivity index (χ1v) is 6.88. The quantitative estimate of drug-likeness (QED) is 0.760. The number of rotatable bonds is 3. The van der Waals surface area contributed by atoms with E-state index < -0.39 is 0 Å². The average Bonchev–Trinajstić information content (AvgIpc) is 2.84. The van der Waals surface area contributed by atoms with Crippen LogP contribution >= 0.6 is 11.6 Å². The largest absolute Gasteiger partial charge is 0.483 e. The van der Waals surface area contributed by atoms with Crippen LogP contribution in [0.3, 0.4) is 0 Å². The van der Waals surface area contributed by atoms with E-state index in [1.165, 1.54) is 5.56 Å². The maximum absolute atomic E-state index is 5.97. The Morgan fingerprint density at radius 3 is 2.65 bits per heavy atom. The van der Waals surface area contributed by atoms with Gasteiger partial charge >= 0.3 is 0 Å². The van der Waals surface area contributed by atoms with Crippen LogP contribution in [0.4, 0.5) is 0 Å². The summed E-state index contributed by atoms with van der Waals surface area (Å²) in [5, 5.41) is 0.694. The van der Waals surface area contributed by atoms with E-state index in [2.05, 4.69) is 16.9 Å². The van der Waals surface area contributed by atoms with E-state index in [1.807, 2.05) is 49.4 Å². The van der Waals surface area contributed by atoms with Gasteiger partial charge in [0.15, 0.2) is 6.10 Å². The number of nitrogens with one attached hydrogen (secondary N) is 1. The summed E-state index contributed by atoms with van der Waals surface area (Å²) in [4.78, 5) is 7.78. The molecule has 0 aliphatic heterocycles. The van der Waals surface area contributed by atoms with E-state index in [4.69, 9.17) is 16.3 Å². The summed E-state index contributed by atoms with van der Waals surface area (Å²) in [6.45, 7) is 4.02. The predicted molar refractivity (Wildman–Crippen MR) is 81.3 cm³/mol. The van der Waals surface area contributed by atoms with Crippen molar-refractivity contribution >= 4 is 22.6 Å². The highest BCUT2D eigenvalue weighted by Gasteiger charge is 2.12. The lowest BCUT2D eigenvalue weighted by molar-refractivity contribution is 0.218. The van der Waals surface area contributed by atoms with Crippen molar-refractivity contribution in [2.24, 2.45) is 0 Å². The summed E-state index contributed by atoms with van der Waals surface area (Å²) in [6.07, 6.45) is -0.149. The summed E-state index contributed by atoms with van der Waals surface area (Å²) < 4.78 is 5.89. The minimum Gasteiger partial charge on any atom is -0.483 e. The lowest BCUT2D eigenvalue weighted by Crippen LogP contribution is -2.04. The van der Waals surface area contributed by atoms with Crippen molar-refractivity contribution in [2.75, 3.05) is 0 Å². The van der Waals surface area contributed by atoms with E-state index >= 15 is 0 Å². The SMILES string of the molecule is Cc1ccc(O[C@H](C)c2nc3ccc(Cl)cc3[nH]2)cc1. The number of aromatic amines is 1. The molecule has 1 heterocycles. The number of H-pyrrole nitrogens is 1. The van der Waals surface area contributed by atoms with Gasteiger partial charge in [0.2, 0.25) is 0 Å². The van der Waals surface area contributed by atoms with Crippen molar-refractivity contribution in [1.29, 1.82) is 0 Å². The third-order valence-electron chi connectivity index (χ3n) is 3.18. The Morgan fingerprint density at radius 1 is 1.15 bits per heavy atom. The van der Waals surface area contributed by atoms with Crippen molar-refractivity contribution in [3.8, 4) is 5.75 Å². The van der Waals surface area contributed by atoms with Crippen LogP contribution in [0.1, 0.15) is 24.4 Å². The Balaban J connectivity index is 1.84. The number of hydrogen-bond donors (Lipinski definition) is 1. The highest BCUT2D eigenvalue weighted by Crippen LogP contribution is 2.23. The van der Waals surface area contributed by atoms with Gasteiger partial charge in [-0.1, -0.05) is 29.3 Å². The molecule has 3 rings (SSSR count). The molecule has 3 nitrogen and oxygen atoms in total. The third kappa shape index (κ3) is 2.63. The van der Waals surface area contributed by atoms with Gasteiger partial charge in [-0.05, 0) is 44.2 Å². The number of hydrogen-bond acceptors (Lipinski definition) is 2. The molecule has 20 heavy (non-hydrogen) atoms. The standard InChI is InChI=1S/C16H15ClN2O/c1-10-3-6-13(7-4-10)20-11(2)16-18-14-8-5-12(17)9-15(14)19-16/h3-9,11H,1-2H3,(H,18,19)/t11-/m1/s1. The van der Waals surface area contributed by atoms with Crippen LogP contribution in [0.5, 0.6) is 5.75 Å². The van der Waals surface area contributed by atoms with E-state index in [0.29, 0.717) is 5.02 Å². The zero-order valence-electron chi connectivity index (χ0n) is 11.4. The molecule has 1 aromatic heterocycles. The molecule has 102 valence electrons. The van der Waals surface area contributed by atoms with Gasteiger partial charge in [-0.15, -0.1) is 0 Å². The Morgan fingerprint density at radius 2 is 1.90 bits per heavy atom. The topological polar surface area (TPSA) is 37.9 Å². The summed E-state index contributed by atoms with van der Waals surface area (Å²) in [5.74, 6) is 1.63. The maximum Gasteiger partial charge on any atom is 0.153 e. The van der Waals surface area contributed by atoms with Crippen LogP contribution in [-0.4, -0.2) is 9.97 Å². The van der Waals surface area contributed by atoms with Crippen LogP contribution in [0, 0.1) is 6.92 Å². The molecule has 1 N–H and O–H groups in total. The van der Waals surface area contributed by atoms with Crippen LogP contribution < -0.4 is 4.74 Å². The van der Waals surface area contributed by atoms with Gasteiger partial charge in [0.25, 0.3) is 0 Å². The van der Waals surface area contributed by atoms with Crippen LogP contribution in [0.2, 0.25) is 5.02 Å². The summed E-state index contributed by atoms with van der Waals surface area (Å²) in [7, 11) is 0. The third-order valence-corrected chi connectivity index (χ3v) is 3.42. The van der Waals surface area contributed by atoms with Crippen molar-refractivity contribution < 1.29 is 4.74 Å². The number of halogens is 1. The number of fused-ring (bicyclic) bond motifs is 1. The second-order valence-electron chi connectivity index (χ2n) is 4.86. The predicted octanol–water partition coefficient (Wildman–Crippen LogP) is 4.66. The fourth-order valence-electron chi connectivity index (χ4n) is 2.07. The first-order valence-electron chi connectivity index (χ1n) is 6.50. The van der Waals surface area contributed by atoms with Gasteiger partial charge in [-0.3, -0.25) is 0 Å². The molecule has 0 bridgehead atoms. The smallest absolute Gasteiger partial charge is 0.153 e. The van der Waals surface area contributed by atoms with Crippen molar-refractivity contribution in [3.63, 3.8) is 0 Å². The lowest BCUT2D eigenvalue weighted by atomic mass is 10.2. The summed E-state index contributed by atoms with van der Waals surface area (Å²) in [6, 6.07) is 13.6. The monoisotopic (exact) mass is 286 g/mol. The van der Waals surface area contributed by atoms with Crippen LogP contribution in [0.25, 0.3) is 11.0 Å². The van der Waals surface area contributed by atoms with Gasteiger partial charge in [0, 0.05) is 5.02 Å². The molecule has 3 aromatic rings. The number of nitrogens with zero attached hydrogens (tertiary/aromatic N) is 1. The number of aromatic nitrogens is 2. The summed E-state index contributed by atoms with van der Waals surface area (Å²) >= 11 is 5.97. The maximum atomic E-state index is 5.97. The molecule has 4 heteroatoms. The molecular formula is C16H15ClN2O. The molecule has 0 aliphatic carbocycles. The molecular weight excluding hydrogens is 272 g/mol. The Bertz CT molecular complexity index is 734. The summed E-state index contributed by atoms with van der Waals surface area (Å²) in [5.41, 5.74) is 3.03. The molecule has 0 fully saturated rings. The van der Waals surface area contributed by atoms with Crippen molar-refractivity contribution in [2.45, 2.75) is 20.0 Å². The van der Waals surface area contributed by atoms with E-state index in [1.54, 1.807) is 0 Å². The zero-order chi connectivity index (χ0) is 14.1. The zero-order valence-corrected chi connectivity index (χ0v) is 12.1. The Hall–Kier alpha value is -2.00. The normalized spacial score (nSPS) is 12.6. The minimum absolute atomic E-state index is 0.149. The molecule has 0 aliphatic rings. The lowest BCUT2D eigenvalue weighted by Gasteiger charge is -2.12. The first-order chi connectivity index (χ1) is 9.61. The highest BCUT2D eigenvalue weighted by molar-refractivity contribution is 6.31. The van der Waals surface area contributed by atoms with Gasteiger partial charge in [-0.25, -0.2) is 4.98 Å². The molecule has 1 atom stereocenters. The molecule has 0 radical (unpaired) electrons. The van der Waals surface area contributed by atoms with Gasteiger partial charge in [0.05, 0.1) is 11.0 Å². The van der Waals surface area contributed by atoms with Gasteiger partial charge in [0.1, 0.15) is 11.6 Å². The van der Waals surface area contributed by atoms with Crippen LogP contribution in [-0.2, 0) is 0 Å². The number of imidazole rings is 1. The minimum atomic E-state index is -0.149. The number of ether oxygens (including phenoxy) is 1. The second-order valence-corrected chi connectivity index (χ2v) is 5.29.